The van der Waals surface area contributed by atoms with Crippen LogP contribution in [0.4, 0.5) is 5.69 Å². The van der Waals surface area contributed by atoms with Gasteiger partial charge in [-0.05, 0) is 12.1 Å². The number of rotatable bonds is 4. The average molecular weight is 358 g/mol. The Bertz CT molecular complexity index is 805. The van der Waals surface area contributed by atoms with Crippen LogP contribution in [0.2, 0.25) is 0 Å². The van der Waals surface area contributed by atoms with Gasteiger partial charge in [0.2, 0.25) is 5.91 Å². The maximum absolute atomic E-state index is 12.1. The zero-order chi connectivity index (χ0) is 16.4. The molecule has 5 nitrogen and oxygen atoms in total. The summed E-state index contributed by atoms with van der Waals surface area (Å²) in [7, 11) is 0. The van der Waals surface area contributed by atoms with Gasteiger partial charge in [0.05, 0.1) is 5.69 Å². The summed E-state index contributed by atoms with van der Waals surface area (Å²) in [4.78, 5) is 17.7. The van der Waals surface area contributed by atoms with Gasteiger partial charge in [-0.2, -0.15) is 11.8 Å². The summed E-state index contributed by atoms with van der Waals surface area (Å²) in [5.74, 6) is 2.19. The van der Waals surface area contributed by atoms with E-state index in [1.807, 2.05) is 58.2 Å². The average Bonchev–Trinajstić information content (AvgIpc) is 3.18. The molecule has 2 aromatic heterocycles. The van der Waals surface area contributed by atoms with Crippen molar-refractivity contribution in [2.45, 2.75) is 12.5 Å². The van der Waals surface area contributed by atoms with Gasteiger partial charge in [0.15, 0.2) is 4.96 Å². The molecule has 124 valence electrons. The van der Waals surface area contributed by atoms with Gasteiger partial charge in [0.25, 0.3) is 0 Å². The fraction of sp³-hybridized carbons (Fsp3) is 0.294. The first-order valence-corrected chi connectivity index (χ1v) is 9.95. The number of nitrogens with one attached hydrogen (secondary N) is 2. The minimum atomic E-state index is 0.0604. The van der Waals surface area contributed by atoms with Gasteiger partial charge < -0.3 is 10.6 Å². The van der Waals surface area contributed by atoms with E-state index >= 15 is 0 Å². The van der Waals surface area contributed by atoms with Gasteiger partial charge in [0, 0.05) is 59.5 Å². The van der Waals surface area contributed by atoms with Crippen molar-refractivity contribution in [3.8, 4) is 11.3 Å². The lowest BCUT2D eigenvalue weighted by molar-refractivity contribution is -0.116. The highest BCUT2D eigenvalue weighted by atomic mass is 32.2. The molecule has 4 rings (SSSR count). The number of fused-ring (bicyclic) bond motifs is 1. The molecule has 1 atom stereocenters. The molecule has 0 saturated carbocycles. The van der Waals surface area contributed by atoms with E-state index in [0.717, 1.165) is 40.0 Å². The van der Waals surface area contributed by atoms with Crippen molar-refractivity contribution in [2.24, 2.45) is 0 Å². The summed E-state index contributed by atoms with van der Waals surface area (Å²) in [6.45, 7) is 0.986. The molecule has 1 amide bonds. The number of thiazole rings is 1. The van der Waals surface area contributed by atoms with Gasteiger partial charge in [-0.1, -0.05) is 12.1 Å². The fourth-order valence-corrected chi connectivity index (χ4v) is 4.43. The second kappa shape index (κ2) is 6.96. The molecule has 0 bridgehead atoms. The number of hydrogen-bond donors (Lipinski definition) is 2. The third kappa shape index (κ3) is 3.48. The Hall–Kier alpha value is -1.83. The van der Waals surface area contributed by atoms with Crippen LogP contribution in [0, 0.1) is 0 Å². The highest BCUT2D eigenvalue weighted by Crippen LogP contribution is 2.23. The lowest BCUT2D eigenvalue weighted by Gasteiger charge is -2.22. The first-order chi connectivity index (χ1) is 11.8. The summed E-state index contributed by atoms with van der Waals surface area (Å²) in [5, 5.41) is 8.38. The summed E-state index contributed by atoms with van der Waals surface area (Å²) in [6, 6.07) is 8.14. The Labute approximate surface area is 148 Å². The molecule has 1 saturated heterocycles. The lowest BCUT2D eigenvalue weighted by atomic mass is 10.1. The molecule has 3 aromatic rings. The van der Waals surface area contributed by atoms with Crippen LogP contribution in [0.25, 0.3) is 16.2 Å². The highest BCUT2D eigenvalue weighted by molar-refractivity contribution is 7.99. The second-order valence-corrected chi connectivity index (χ2v) is 7.80. The molecular weight excluding hydrogens is 340 g/mol. The third-order valence-corrected chi connectivity index (χ3v) is 5.89. The van der Waals surface area contributed by atoms with Crippen molar-refractivity contribution in [3.05, 3.63) is 42.0 Å². The Morgan fingerprint density at radius 1 is 1.38 bits per heavy atom. The molecule has 0 aliphatic carbocycles. The highest BCUT2D eigenvalue weighted by Gasteiger charge is 2.16. The first-order valence-electron chi connectivity index (χ1n) is 7.91. The SMILES string of the molecule is O=C(CC1CSCCN1)Nc1ccc(-c2cn3ccsc3n2)cc1. The zero-order valence-electron chi connectivity index (χ0n) is 13.1. The van der Waals surface area contributed by atoms with Gasteiger partial charge in [0.1, 0.15) is 0 Å². The Morgan fingerprint density at radius 2 is 2.25 bits per heavy atom. The molecule has 7 heteroatoms. The molecule has 2 N–H and O–H groups in total. The van der Waals surface area contributed by atoms with Crippen LogP contribution >= 0.6 is 23.1 Å². The van der Waals surface area contributed by atoms with Gasteiger partial charge in [-0.15, -0.1) is 11.3 Å². The van der Waals surface area contributed by atoms with E-state index in [4.69, 9.17) is 0 Å². The normalized spacial score (nSPS) is 17.9. The van der Waals surface area contributed by atoms with E-state index in [0.29, 0.717) is 6.42 Å². The molecule has 1 unspecified atom stereocenters. The van der Waals surface area contributed by atoms with Crippen molar-refractivity contribution in [1.29, 1.82) is 0 Å². The molecule has 3 heterocycles. The van der Waals surface area contributed by atoms with Crippen LogP contribution in [0.3, 0.4) is 0 Å². The van der Waals surface area contributed by atoms with E-state index in [2.05, 4.69) is 15.6 Å². The number of anilines is 1. The second-order valence-electron chi connectivity index (χ2n) is 5.77. The number of benzene rings is 1. The smallest absolute Gasteiger partial charge is 0.225 e. The fourth-order valence-electron chi connectivity index (χ4n) is 2.78. The van der Waals surface area contributed by atoms with E-state index in [1.165, 1.54) is 0 Å². The van der Waals surface area contributed by atoms with Gasteiger partial charge in [-0.3, -0.25) is 9.20 Å². The van der Waals surface area contributed by atoms with E-state index < -0.39 is 0 Å². The minimum Gasteiger partial charge on any atom is -0.326 e. The van der Waals surface area contributed by atoms with Crippen LogP contribution in [-0.2, 0) is 4.79 Å². The summed E-state index contributed by atoms with van der Waals surface area (Å²) < 4.78 is 2.02. The molecule has 0 spiro atoms. The van der Waals surface area contributed by atoms with Crippen molar-refractivity contribution < 1.29 is 4.79 Å². The van der Waals surface area contributed by atoms with Crippen molar-refractivity contribution in [1.82, 2.24) is 14.7 Å². The number of carbonyl (C=O) groups excluding carboxylic acids is 1. The molecule has 1 aliphatic rings. The number of hydrogen-bond acceptors (Lipinski definition) is 5. The number of nitrogens with zero attached hydrogens (tertiary/aromatic N) is 2. The maximum atomic E-state index is 12.1. The number of amides is 1. The van der Waals surface area contributed by atoms with Crippen LogP contribution in [0.5, 0.6) is 0 Å². The van der Waals surface area contributed by atoms with E-state index in [-0.39, 0.29) is 11.9 Å². The number of aromatic nitrogens is 2. The van der Waals surface area contributed by atoms with Crippen LogP contribution in [-0.4, -0.2) is 39.4 Å². The van der Waals surface area contributed by atoms with Gasteiger partial charge >= 0.3 is 0 Å². The predicted octanol–water partition coefficient (Wildman–Crippen LogP) is 3.10. The molecule has 1 aromatic carbocycles. The Morgan fingerprint density at radius 3 is 3.00 bits per heavy atom. The lowest BCUT2D eigenvalue weighted by Crippen LogP contribution is -2.39. The molecular formula is C17H18N4OS2. The zero-order valence-corrected chi connectivity index (χ0v) is 14.7. The summed E-state index contributed by atoms with van der Waals surface area (Å²) in [5.41, 5.74) is 2.82. The standard InChI is InChI=1S/C17H18N4OS2/c22-16(9-14-11-23-7-5-18-14)19-13-3-1-12(2-4-13)15-10-21-6-8-24-17(21)20-15/h1-4,6,8,10,14,18H,5,7,9,11H2,(H,19,22). The van der Waals surface area contributed by atoms with Crippen molar-refractivity contribution in [2.75, 3.05) is 23.4 Å². The number of imidazole rings is 1. The van der Waals surface area contributed by atoms with Crippen molar-refractivity contribution >= 4 is 39.7 Å². The third-order valence-electron chi connectivity index (χ3n) is 3.99. The first kappa shape index (κ1) is 15.7. The minimum absolute atomic E-state index is 0.0604. The number of carbonyl (C=O) groups is 1. The quantitative estimate of drug-likeness (QED) is 0.752. The van der Waals surface area contributed by atoms with Crippen LogP contribution < -0.4 is 10.6 Å². The topological polar surface area (TPSA) is 58.4 Å². The predicted molar refractivity (Wildman–Crippen MR) is 101 cm³/mol. The molecule has 0 radical (unpaired) electrons. The monoisotopic (exact) mass is 358 g/mol. The molecule has 24 heavy (non-hydrogen) atoms. The van der Waals surface area contributed by atoms with E-state index in [9.17, 15) is 4.79 Å². The largest absolute Gasteiger partial charge is 0.326 e. The van der Waals surface area contributed by atoms with Crippen molar-refractivity contribution in [3.63, 3.8) is 0 Å². The Kier molecular flexibility index (Phi) is 4.55. The molecule has 1 aliphatic heterocycles. The van der Waals surface area contributed by atoms with Crippen LogP contribution in [0.15, 0.2) is 42.0 Å². The van der Waals surface area contributed by atoms with Crippen LogP contribution in [0.1, 0.15) is 6.42 Å². The maximum Gasteiger partial charge on any atom is 0.225 e. The Balaban J connectivity index is 1.39. The number of thioether (sulfide) groups is 1. The summed E-state index contributed by atoms with van der Waals surface area (Å²) in [6.07, 6.45) is 4.54. The summed E-state index contributed by atoms with van der Waals surface area (Å²) >= 11 is 3.52. The van der Waals surface area contributed by atoms with E-state index in [1.54, 1.807) is 11.3 Å². The van der Waals surface area contributed by atoms with Gasteiger partial charge in [-0.25, -0.2) is 4.98 Å². The molecule has 1 fully saturated rings.